The molecule has 0 aromatic carbocycles. The zero-order chi connectivity index (χ0) is 3.58. The van der Waals surface area contributed by atoms with E-state index in [1.54, 1.807) is 0 Å². The number of carbonyl (C=O) groups is 1. The monoisotopic (exact) mass is 219 g/mol. The molecule has 0 rings (SSSR count). The first kappa shape index (κ1) is 15.6. The molecular weight excluding hydrogens is 218 g/mol. The molecule has 0 aliphatic carbocycles. The van der Waals surface area contributed by atoms with Crippen molar-refractivity contribution in [1.29, 1.82) is 0 Å². The van der Waals surface area contributed by atoms with Gasteiger partial charge in [-0.15, -0.1) is 0 Å². The van der Waals surface area contributed by atoms with E-state index in [2.05, 4.69) is 0 Å². The van der Waals surface area contributed by atoms with Crippen molar-refractivity contribution < 1.29 is 66.4 Å². The normalized spacial score (nSPS) is 4.00. The molecule has 0 saturated carbocycles. The second-order valence-electron chi connectivity index (χ2n) is 0.250. The van der Waals surface area contributed by atoms with Gasteiger partial charge in [-0.25, -0.2) is 0 Å². The molecule has 0 N–H and O–H groups in total. The molecule has 0 aromatic heterocycles. The standard InChI is InChI=1S/CH2O3.K.Sn/c2-1(3)4;;/h(H2,2,3,4);;/q;+1;+4/p-2. The Kier molecular flexibility index (Phi) is 25.7. The van der Waals surface area contributed by atoms with Crippen LogP contribution < -0.4 is 61.6 Å². The summed E-state index contributed by atoms with van der Waals surface area (Å²) in [6.07, 6.45) is -2.33. The van der Waals surface area contributed by atoms with E-state index in [-0.39, 0.29) is 75.3 Å². The maximum absolute atomic E-state index is 8.33. The van der Waals surface area contributed by atoms with Crippen LogP contribution in [0.3, 0.4) is 0 Å². The molecule has 0 bridgehead atoms. The first-order chi connectivity index (χ1) is 1.73. The molecule has 3 nitrogen and oxygen atoms in total. The Morgan fingerprint density at radius 2 is 1.33 bits per heavy atom. The van der Waals surface area contributed by atoms with Gasteiger partial charge in [0.2, 0.25) is 0 Å². The number of carboxylic acid groups (broad SMARTS) is 2. The Labute approximate surface area is 94.5 Å². The van der Waals surface area contributed by atoms with Crippen molar-refractivity contribution in [2.75, 3.05) is 0 Å². The summed E-state index contributed by atoms with van der Waals surface area (Å²) >= 11 is 0. The molecule has 0 aliphatic rings. The fraction of sp³-hybridized carbons (Fsp3) is 0. The summed E-state index contributed by atoms with van der Waals surface area (Å²) in [4.78, 5) is 8.33. The second kappa shape index (κ2) is 9.86. The van der Waals surface area contributed by atoms with Gasteiger partial charge in [0.05, 0.1) is 0 Å². The van der Waals surface area contributed by atoms with Crippen molar-refractivity contribution >= 4 is 30.1 Å². The third-order valence-corrected chi connectivity index (χ3v) is 0. The van der Waals surface area contributed by atoms with E-state index >= 15 is 0 Å². The molecule has 0 spiro atoms. The van der Waals surface area contributed by atoms with Crippen LogP contribution in [0.25, 0.3) is 0 Å². The Bertz CT molecular complexity index is 33.8. The van der Waals surface area contributed by atoms with Crippen molar-refractivity contribution in [3.63, 3.8) is 0 Å². The molecule has 0 radical (unpaired) electrons. The average molecular weight is 218 g/mol. The maximum Gasteiger partial charge on any atom is 4.00 e. The Morgan fingerprint density at radius 1 is 1.33 bits per heavy atom. The third-order valence-electron chi connectivity index (χ3n) is 0. The van der Waals surface area contributed by atoms with Gasteiger partial charge in [-0.1, -0.05) is 0 Å². The van der Waals surface area contributed by atoms with Crippen molar-refractivity contribution in [2.45, 2.75) is 0 Å². The molecule has 0 aromatic rings. The van der Waals surface area contributed by atoms with Crippen LogP contribution in [0.4, 0.5) is 4.79 Å². The van der Waals surface area contributed by atoms with Gasteiger partial charge < -0.3 is 15.0 Å². The minimum atomic E-state index is -2.33. The first-order valence-corrected chi connectivity index (χ1v) is 0.612. The summed E-state index contributed by atoms with van der Waals surface area (Å²) in [6.45, 7) is 0. The topological polar surface area (TPSA) is 63.2 Å². The fourth-order valence-corrected chi connectivity index (χ4v) is 0. The van der Waals surface area contributed by atoms with Gasteiger partial charge in [0.25, 0.3) is 0 Å². The number of rotatable bonds is 0. The summed E-state index contributed by atoms with van der Waals surface area (Å²) in [7, 11) is 0. The van der Waals surface area contributed by atoms with Gasteiger partial charge in [-0.2, -0.15) is 0 Å². The first-order valence-electron chi connectivity index (χ1n) is 0.612. The summed E-state index contributed by atoms with van der Waals surface area (Å²) in [6, 6.07) is 0. The van der Waals surface area contributed by atoms with Crippen LogP contribution >= 0.6 is 0 Å². The molecule has 0 unspecified atom stereocenters. The van der Waals surface area contributed by atoms with E-state index in [1.165, 1.54) is 0 Å². The third kappa shape index (κ3) is 43.4. The van der Waals surface area contributed by atoms with E-state index in [1.807, 2.05) is 0 Å². The number of carbonyl (C=O) groups excluding carboxylic acids is 1. The van der Waals surface area contributed by atoms with E-state index in [9.17, 15) is 0 Å². The summed E-state index contributed by atoms with van der Waals surface area (Å²) < 4.78 is 0. The Balaban J connectivity index is -0.0000000450. The Morgan fingerprint density at radius 3 is 1.33 bits per heavy atom. The van der Waals surface area contributed by atoms with Crippen LogP contribution in [-0.2, 0) is 0 Å². The smallest absolute Gasteiger partial charge is 0.652 e. The zero-order valence-electron chi connectivity index (χ0n) is 3.22. The Hall–Kier alpha value is 1.71. The molecule has 6 heavy (non-hydrogen) atoms. The van der Waals surface area contributed by atoms with Crippen LogP contribution in [0.2, 0.25) is 0 Å². The van der Waals surface area contributed by atoms with Crippen LogP contribution in [0, 0.1) is 0 Å². The predicted octanol–water partition coefficient (Wildman–Crippen LogP) is -5.82. The van der Waals surface area contributed by atoms with Crippen LogP contribution in [0.5, 0.6) is 0 Å². The van der Waals surface area contributed by atoms with Crippen molar-refractivity contribution in [3.8, 4) is 0 Å². The van der Waals surface area contributed by atoms with E-state index < -0.39 is 6.16 Å². The summed E-state index contributed by atoms with van der Waals surface area (Å²) in [5.41, 5.74) is 0. The minimum Gasteiger partial charge on any atom is -0.652 e. The van der Waals surface area contributed by atoms with Gasteiger partial charge in [0.15, 0.2) is 0 Å². The van der Waals surface area contributed by atoms with Crippen LogP contribution in [0.15, 0.2) is 0 Å². The number of hydrogen-bond acceptors (Lipinski definition) is 3. The van der Waals surface area contributed by atoms with Gasteiger partial charge in [0.1, 0.15) is 0 Å². The predicted molar refractivity (Wildman–Crippen MR) is 11.1 cm³/mol. The van der Waals surface area contributed by atoms with Crippen LogP contribution in [0.1, 0.15) is 0 Å². The molecule has 0 amide bonds. The van der Waals surface area contributed by atoms with Crippen LogP contribution in [-0.4, -0.2) is 30.1 Å². The molecule has 0 aliphatic heterocycles. The zero-order valence-corrected chi connectivity index (χ0v) is 9.20. The van der Waals surface area contributed by atoms with E-state index in [4.69, 9.17) is 15.0 Å². The molecule has 0 fully saturated rings. The van der Waals surface area contributed by atoms with Gasteiger partial charge in [-0.3, -0.25) is 0 Å². The van der Waals surface area contributed by atoms with Gasteiger partial charge in [-0.05, 0) is 6.16 Å². The fourth-order valence-electron chi connectivity index (χ4n) is 0. The number of hydrogen-bond donors (Lipinski definition) is 0. The van der Waals surface area contributed by atoms with Crippen molar-refractivity contribution in [1.82, 2.24) is 0 Å². The molecule has 5 heteroatoms. The quantitative estimate of drug-likeness (QED) is 0.380. The van der Waals surface area contributed by atoms with E-state index in [0.29, 0.717) is 0 Å². The average Bonchev–Trinajstić information content (AvgIpc) is 0.811. The van der Waals surface area contributed by atoms with Crippen molar-refractivity contribution in [2.24, 2.45) is 0 Å². The summed E-state index contributed by atoms with van der Waals surface area (Å²) in [5.74, 6) is 0. The molecular formula is CKO3Sn+3. The maximum atomic E-state index is 8.33. The molecule has 24 valence electrons. The van der Waals surface area contributed by atoms with Crippen molar-refractivity contribution in [3.05, 3.63) is 0 Å². The minimum absolute atomic E-state index is 0. The SMILES string of the molecule is O=C([O-])[O-].[K+].[Sn+4]. The molecule has 0 saturated heterocycles. The summed E-state index contributed by atoms with van der Waals surface area (Å²) in [5, 5.41) is 16.7. The molecule has 0 heterocycles. The van der Waals surface area contributed by atoms with Gasteiger partial charge >= 0.3 is 75.3 Å². The largest absolute Gasteiger partial charge is 4.00 e. The van der Waals surface area contributed by atoms with E-state index in [0.717, 1.165) is 0 Å². The second-order valence-corrected chi connectivity index (χ2v) is 0.250. The molecule has 0 atom stereocenters. The van der Waals surface area contributed by atoms with Gasteiger partial charge in [0, 0.05) is 0 Å².